The van der Waals surface area contributed by atoms with E-state index in [2.05, 4.69) is 17.2 Å². The highest BCUT2D eigenvalue weighted by molar-refractivity contribution is 6.32. The second-order valence-electron chi connectivity index (χ2n) is 4.66. The largest absolute Gasteiger partial charge is 0.349 e. The first-order valence-corrected chi connectivity index (χ1v) is 6.88. The summed E-state index contributed by atoms with van der Waals surface area (Å²) in [7, 11) is 0. The third-order valence-electron chi connectivity index (χ3n) is 3.25. The zero-order chi connectivity index (χ0) is 13.7. The number of nitrogens with one attached hydrogen (secondary N) is 1. The number of carbonyl (C=O) groups excluding carboxylic acids is 1. The normalized spacial score (nSPS) is 14.8. The standard InChI is InChI=1S/C15H17ClN2O/c16-14-10-12(8-7-11(14)4-3-9-17)15(19)18-13-5-1-2-6-13/h7-8,10,13H,1-2,5-6,9,17H2,(H,18,19). The van der Waals surface area contributed by atoms with Gasteiger partial charge < -0.3 is 11.1 Å². The molecular weight excluding hydrogens is 260 g/mol. The Hall–Kier alpha value is -1.50. The molecular formula is C15H17ClN2O. The number of hydrogen-bond donors (Lipinski definition) is 2. The number of hydrogen-bond acceptors (Lipinski definition) is 2. The first-order valence-electron chi connectivity index (χ1n) is 6.50. The molecule has 100 valence electrons. The van der Waals surface area contributed by atoms with Crippen LogP contribution in [0.3, 0.4) is 0 Å². The SMILES string of the molecule is NCC#Cc1ccc(C(=O)NC2CCCC2)cc1Cl. The monoisotopic (exact) mass is 276 g/mol. The fourth-order valence-corrected chi connectivity index (χ4v) is 2.47. The lowest BCUT2D eigenvalue weighted by molar-refractivity contribution is 0.0938. The van der Waals surface area contributed by atoms with Gasteiger partial charge in [-0.2, -0.15) is 0 Å². The minimum Gasteiger partial charge on any atom is -0.349 e. The lowest BCUT2D eigenvalue weighted by Crippen LogP contribution is -2.32. The van der Waals surface area contributed by atoms with E-state index < -0.39 is 0 Å². The van der Waals surface area contributed by atoms with Crippen LogP contribution in [0.2, 0.25) is 5.02 Å². The molecule has 0 heterocycles. The van der Waals surface area contributed by atoms with Gasteiger partial charge in [0.1, 0.15) is 0 Å². The van der Waals surface area contributed by atoms with Gasteiger partial charge in [0.15, 0.2) is 0 Å². The molecule has 1 aliphatic rings. The minimum atomic E-state index is -0.0628. The van der Waals surface area contributed by atoms with Crippen molar-refractivity contribution in [3.05, 3.63) is 34.3 Å². The van der Waals surface area contributed by atoms with Crippen molar-refractivity contribution in [2.24, 2.45) is 5.73 Å². The maximum absolute atomic E-state index is 12.1. The Morgan fingerprint density at radius 1 is 1.42 bits per heavy atom. The van der Waals surface area contributed by atoms with Crippen LogP contribution in [0.25, 0.3) is 0 Å². The Kier molecular flexibility index (Phi) is 4.84. The number of carbonyl (C=O) groups is 1. The van der Waals surface area contributed by atoms with Crippen LogP contribution in [0.5, 0.6) is 0 Å². The molecule has 1 aromatic carbocycles. The van der Waals surface area contributed by atoms with Crippen molar-refractivity contribution in [3.63, 3.8) is 0 Å². The summed E-state index contributed by atoms with van der Waals surface area (Å²) in [5, 5.41) is 3.52. The van der Waals surface area contributed by atoms with Crippen LogP contribution in [0, 0.1) is 11.8 Å². The average Bonchev–Trinajstić information content (AvgIpc) is 2.90. The van der Waals surface area contributed by atoms with Crippen molar-refractivity contribution in [1.82, 2.24) is 5.32 Å². The predicted molar refractivity (Wildman–Crippen MR) is 77.1 cm³/mol. The lowest BCUT2D eigenvalue weighted by Gasteiger charge is -2.12. The highest BCUT2D eigenvalue weighted by Gasteiger charge is 2.18. The van der Waals surface area contributed by atoms with Crippen LogP contribution in [0.15, 0.2) is 18.2 Å². The molecule has 1 saturated carbocycles. The summed E-state index contributed by atoms with van der Waals surface area (Å²) in [4.78, 5) is 12.1. The highest BCUT2D eigenvalue weighted by Crippen LogP contribution is 2.20. The second kappa shape index (κ2) is 6.60. The fraction of sp³-hybridized carbons (Fsp3) is 0.400. The molecule has 2 rings (SSSR count). The van der Waals surface area contributed by atoms with Gasteiger partial charge in [0.05, 0.1) is 11.6 Å². The first-order chi connectivity index (χ1) is 9.20. The summed E-state index contributed by atoms with van der Waals surface area (Å²) in [6.45, 7) is 0.292. The van der Waals surface area contributed by atoms with E-state index in [9.17, 15) is 4.79 Å². The molecule has 0 saturated heterocycles. The summed E-state index contributed by atoms with van der Waals surface area (Å²) in [5.74, 6) is 5.56. The number of amides is 1. The molecule has 3 N–H and O–H groups in total. The maximum Gasteiger partial charge on any atom is 0.251 e. The summed E-state index contributed by atoms with van der Waals surface area (Å²) in [6.07, 6.45) is 4.53. The molecule has 0 bridgehead atoms. The predicted octanol–water partition coefficient (Wildman–Crippen LogP) is 2.32. The quantitative estimate of drug-likeness (QED) is 0.815. The summed E-state index contributed by atoms with van der Waals surface area (Å²) in [5.41, 5.74) is 6.59. The van der Waals surface area contributed by atoms with Crippen LogP contribution < -0.4 is 11.1 Å². The summed E-state index contributed by atoms with van der Waals surface area (Å²) in [6, 6.07) is 5.47. The van der Waals surface area contributed by atoms with E-state index in [-0.39, 0.29) is 5.91 Å². The molecule has 1 fully saturated rings. The number of nitrogens with two attached hydrogens (primary N) is 1. The number of halogens is 1. The van der Waals surface area contributed by atoms with Gasteiger partial charge in [-0.05, 0) is 31.0 Å². The van der Waals surface area contributed by atoms with Gasteiger partial charge in [-0.1, -0.05) is 36.3 Å². The molecule has 0 aliphatic heterocycles. The molecule has 0 aromatic heterocycles. The van der Waals surface area contributed by atoms with Crippen molar-refractivity contribution in [2.75, 3.05) is 6.54 Å². The molecule has 0 unspecified atom stereocenters. The molecule has 1 aliphatic carbocycles. The fourth-order valence-electron chi connectivity index (χ4n) is 2.24. The Morgan fingerprint density at radius 2 is 2.16 bits per heavy atom. The molecule has 3 nitrogen and oxygen atoms in total. The lowest BCUT2D eigenvalue weighted by atomic mass is 10.1. The van der Waals surface area contributed by atoms with Gasteiger partial charge in [0.25, 0.3) is 5.91 Å². The third-order valence-corrected chi connectivity index (χ3v) is 3.56. The number of rotatable bonds is 2. The van der Waals surface area contributed by atoms with Crippen LogP contribution in [-0.2, 0) is 0 Å². The Bertz CT molecular complexity index is 525. The van der Waals surface area contributed by atoms with E-state index in [1.807, 2.05) is 0 Å². The van der Waals surface area contributed by atoms with Gasteiger partial charge in [-0.15, -0.1) is 0 Å². The second-order valence-corrected chi connectivity index (χ2v) is 5.06. The van der Waals surface area contributed by atoms with Gasteiger partial charge in [0, 0.05) is 17.2 Å². The third kappa shape index (κ3) is 3.73. The molecule has 19 heavy (non-hydrogen) atoms. The van der Waals surface area contributed by atoms with E-state index in [0.717, 1.165) is 12.8 Å². The van der Waals surface area contributed by atoms with E-state index in [1.54, 1.807) is 18.2 Å². The average molecular weight is 277 g/mol. The van der Waals surface area contributed by atoms with E-state index in [1.165, 1.54) is 12.8 Å². The Labute approximate surface area is 118 Å². The van der Waals surface area contributed by atoms with Crippen LogP contribution in [-0.4, -0.2) is 18.5 Å². The zero-order valence-electron chi connectivity index (χ0n) is 10.7. The molecule has 0 atom stereocenters. The molecule has 4 heteroatoms. The van der Waals surface area contributed by atoms with Crippen molar-refractivity contribution < 1.29 is 4.79 Å². The smallest absolute Gasteiger partial charge is 0.251 e. The minimum absolute atomic E-state index is 0.0628. The van der Waals surface area contributed by atoms with Crippen LogP contribution in [0.1, 0.15) is 41.6 Å². The van der Waals surface area contributed by atoms with E-state index >= 15 is 0 Å². The van der Waals surface area contributed by atoms with Crippen molar-refractivity contribution in [3.8, 4) is 11.8 Å². The van der Waals surface area contributed by atoms with Crippen molar-refractivity contribution >= 4 is 17.5 Å². The maximum atomic E-state index is 12.1. The van der Waals surface area contributed by atoms with E-state index in [0.29, 0.717) is 28.7 Å². The number of benzene rings is 1. The van der Waals surface area contributed by atoms with Gasteiger partial charge in [-0.3, -0.25) is 4.79 Å². The highest BCUT2D eigenvalue weighted by atomic mass is 35.5. The Morgan fingerprint density at radius 3 is 2.79 bits per heavy atom. The zero-order valence-corrected chi connectivity index (χ0v) is 11.5. The molecule has 1 aromatic rings. The van der Waals surface area contributed by atoms with Gasteiger partial charge >= 0.3 is 0 Å². The molecule has 0 spiro atoms. The van der Waals surface area contributed by atoms with Gasteiger partial charge in [-0.25, -0.2) is 0 Å². The van der Waals surface area contributed by atoms with Crippen molar-refractivity contribution in [1.29, 1.82) is 0 Å². The van der Waals surface area contributed by atoms with Crippen LogP contribution in [0.4, 0.5) is 0 Å². The van der Waals surface area contributed by atoms with Crippen molar-refractivity contribution in [2.45, 2.75) is 31.7 Å². The topological polar surface area (TPSA) is 55.1 Å². The Balaban J connectivity index is 2.08. The summed E-state index contributed by atoms with van der Waals surface area (Å²) < 4.78 is 0. The van der Waals surface area contributed by atoms with Gasteiger partial charge in [0.2, 0.25) is 0 Å². The summed E-state index contributed by atoms with van der Waals surface area (Å²) >= 11 is 6.10. The van der Waals surface area contributed by atoms with E-state index in [4.69, 9.17) is 17.3 Å². The molecule has 0 radical (unpaired) electrons. The van der Waals surface area contributed by atoms with Crippen LogP contribution >= 0.6 is 11.6 Å². The first kappa shape index (κ1) is 13.9. The molecule has 1 amide bonds.